The Balaban J connectivity index is 1.62. The molecule has 2 aliphatic heterocycles. The van der Waals surface area contributed by atoms with Gasteiger partial charge in [0.25, 0.3) is 0 Å². The molecule has 2 fully saturated rings. The van der Waals surface area contributed by atoms with Gasteiger partial charge >= 0.3 is 0 Å². The van der Waals surface area contributed by atoms with Crippen LogP contribution in [0.4, 0.5) is 5.69 Å². The number of hydrogen-bond acceptors (Lipinski definition) is 3. The van der Waals surface area contributed by atoms with Crippen LogP contribution in [0.5, 0.6) is 5.75 Å². The average molecular weight is 431 g/mol. The van der Waals surface area contributed by atoms with Crippen LogP contribution in [0.1, 0.15) is 50.0 Å². The summed E-state index contributed by atoms with van der Waals surface area (Å²) in [6.45, 7) is 2.00. The summed E-state index contributed by atoms with van der Waals surface area (Å²) < 4.78 is 6.56. The van der Waals surface area contributed by atoms with E-state index >= 15 is 0 Å². The van der Waals surface area contributed by atoms with Crippen molar-refractivity contribution < 1.29 is 4.74 Å². The van der Waals surface area contributed by atoms with Gasteiger partial charge in [-0.25, -0.2) is 0 Å². The van der Waals surface area contributed by atoms with Crippen LogP contribution in [0.15, 0.2) is 30.3 Å². The fourth-order valence-electron chi connectivity index (χ4n) is 5.28. The van der Waals surface area contributed by atoms with E-state index in [1.165, 1.54) is 43.4 Å². The van der Waals surface area contributed by atoms with E-state index in [2.05, 4.69) is 29.4 Å². The minimum Gasteiger partial charge on any atom is -0.487 e. The van der Waals surface area contributed by atoms with E-state index in [4.69, 9.17) is 27.9 Å². The van der Waals surface area contributed by atoms with Gasteiger partial charge in [-0.3, -0.25) is 0 Å². The zero-order valence-electron chi connectivity index (χ0n) is 16.9. The van der Waals surface area contributed by atoms with Gasteiger partial charge in [0.1, 0.15) is 11.9 Å². The van der Waals surface area contributed by atoms with Crippen molar-refractivity contribution in [3.05, 3.63) is 45.9 Å². The largest absolute Gasteiger partial charge is 0.487 e. The summed E-state index contributed by atoms with van der Waals surface area (Å²) in [6.07, 6.45) is 7.84. The number of hydrogen-bond donors (Lipinski definition) is 1. The van der Waals surface area contributed by atoms with Crippen molar-refractivity contribution in [2.45, 2.75) is 56.6 Å². The highest BCUT2D eigenvalue weighted by atomic mass is 35.5. The lowest BCUT2D eigenvalue weighted by Crippen LogP contribution is -2.37. The first kappa shape index (κ1) is 19.5. The summed E-state index contributed by atoms with van der Waals surface area (Å²) in [5.41, 5.74) is 4.72. The Hall–Kier alpha value is -1.42. The number of nitrogens with zero attached hydrogens (tertiary/aromatic N) is 1. The third-order valence-electron chi connectivity index (χ3n) is 6.93. The molecule has 1 aliphatic carbocycles. The van der Waals surface area contributed by atoms with E-state index in [1.54, 1.807) is 0 Å². The van der Waals surface area contributed by atoms with Crippen LogP contribution in [0.25, 0.3) is 11.1 Å². The SMILES string of the molecule is CN(c1cc(-c2ccc(Cl)cc2Cl)cc2c1OC1CCNCC21)C1CCCCC1. The number of rotatable bonds is 3. The van der Waals surface area contributed by atoms with Crippen molar-refractivity contribution in [3.8, 4) is 16.9 Å². The van der Waals surface area contributed by atoms with Crippen molar-refractivity contribution >= 4 is 28.9 Å². The lowest BCUT2D eigenvalue weighted by Gasteiger charge is -2.34. The summed E-state index contributed by atoms with van der Waals surface area (Å²) >= 11 is 12.7. The van der Waals surface area contributed by atoms with Crippen LogP contribution in [0, 0.1) is 0 Å². The lowest BCUT2D eigenvalue weighted by atomic mass is 9.88. The van der Waals surface area contributed by atoms with Gasteiger partial charge in [-0.1, -0.05) is 48.5 Å². The zero-order chi connectivity index (χ0) is 20.0. The van der Waals surface area contributed by atoms with E-state index < -0.39 is 0 Å². The Morgan fingerprint density at radius 2 is 1.86 bits per heavy atom. The first-order chi connectivity index (χ1) is 14.1. The standard InChI is InChI=1S/C24H28Cl2N2O/c1-28(17-5-3-2-4-6-17)22-12-15(18-8-7-16(25)13-21(18)26)11-19-20-14-27-10-9-23(20)29-24(19)22/h7-8,11-13,17,20,23,27H,2-6,9-10,14H2,1H3. The minimum atomic E-state index is 0.278. The van der Waals surface area contributed by atoms with Gasteiger partial charge in [-0.05, 0) is 55.6 Å². The maximum Gasteiger partial charge on any atom is 0.146 e. The van der Waals surface area contributed by atoms with E-state index in [9.17, 15) is 0 Å². The number of benzene rings is 2. The van der Waals surface area contributed by atoms with Gasteiger partial charge in [0, 0.05) is 46.7 Å². The molecular weight excluding hydrogens is 403 g/mol. The molecule has 2 heterocycles. The molecule has 1 N–H and O–H groups in total. The number of fused-ring (bicyclic) bond motifs is 3. The molecule has 1 saturated carbocycles. The number of anilines is 1. The van der Waals surface area contributed by atoms with Crippen LogP contribution in [-0.2, 0) is 0 Å². The molecule has 1 saturated heterocycles. The quantitative estimate of drug-likeness (QED) is 0.620. The van der Waals surface area contributed by atoms with Gasteiger partial charge in [0.05, 0.1) is 5.69 Å². The second kappa shape index (κ2) is 8.02. The first-order valence-corrected chi connectivity index (χ1v) is 11.6. The van der Waals surface area contributed by atoms with E-state index in [1.807, 2.05) is 18.2 Å². The van der Waals surface area contributed by atoms with Gasteiger partial charge in [-0.2, -0.15) is 0 Å². The molecule has 29 heavy (non-hydrogen) atoms. The Morgan fingerprint density at radius 1 is 1.03 bits per heavy atom. The highest BCUT2D eigenvalue weighted by Crippen LogP contribution is 2.49. The Kier molecular flexibility index (Phi) is 5.40. The van der Waals surface area contributed by atoms with Crippen LogP contribution >= 0.6 is 23.2 Å². The predicted octanol–water partition coefficient (Wildman–Crippen LogP) is 6.27. The molecule has 2 aromatic rings. The van der Waals surface area contributed by atoms with Crippen LogP contribution in [-0.4, -0.2) is 32.3 Å². The molecule has 0 aromatic heterocycles. The maximum absolute atomic E-state index is 6.59. The molecule has 2 atom stereocenters. The Morgan fingerprint density at radius 3 is 2.66 bits per heavy atom. The second-order valence-electron chi connectivity index (χ2n) is 8.70. The van der Waals surface area contributed by atoms with Gasteiger partial charge in [0.15, 0.2) is 0 Å². The zero-order valence-corrected chi connectivity index (χ0v) is 18.4. The highest BCUT2D eigenvalue weighted by Gasteiger charge is 2.39. The molecule has 154 valence electrons. The summed E-state index contributed by atoms with van der Waals surface area (Å²) in [5, 5.41) is 4.91. The number of halogens is 2. The molecule has 2 unspecified atom stereocenters. The first-order valence-electron chi connectivity index (χ1n) is 10.9. The van der Waals surface area contributed by atoms with Crippen LogP contribution in [0.2, 0.25) is 10.0 Å². The van der Waals surface area contributed by atoms with Crippen molar-refractivity contribution in [2.75, 3.05) is 25.0 Å². The molecule has 0 bridgehead atoms. The minimum absolute atomic E-state index is 0.278. The van der Waals surface area contributed by atoms with E-state index in [0.29, 0.717) is 22.0 Å². The molecule has 5 heteroatoms. The normalized spacial score (nSPS) is 24.0. The third-order valence-corrected chi connectivity index (χ3v) is 7.48. The van der Waals surface area contributed by atoms with Crippen LogP contribution in [0.3, 0.4) is 0 Å². The van der Waals surface area contributed by atoms with Crippen molar-refractivity contribution in [2.24, 2.45) is 0 Å². The number of piperidine rings is 1. The molecule has 3 nitrogen and oxygen atoms in total. The average Bonchev–Trinajstić information content (AvgIpc) is 3.12. The molecular formula is C24H28Cl2N2O. The van der Waals surface area contributed by atoms with Crippen LogP contribution < -0.4 is 15.0 Å². The fourth-order valence-corrected chi connectivity index (χ4v) is 5.80. The number of nitrogens with one attached hydrogen (secondary N) is 1. The van der Waals surface area contributed by atoms with Crippen molar-refractivity contribution in [3.63, 3.8) is 0 Å². The second-order valence-corrected chi connectivity index (χ2v) is 9.54. The van der Waals surface area contributed by atoms with Gasteiger partial charge in [-0.15, -0.1) is 0 Å². The molecule has 0 radical (unpaired) electrons. The predicted molar refractivity (Wildman–Crippen MR) is 122 cm³/mol. The lowest BCUT2D eigenvalue weighted by molar-refractivity contribution is 0.172. The summed E-state index contributed by atoms with van der Waals surface area (Å²) in [5.74, 6) is 1.49. The Bertz CT molecular complexity index is 910. The smallest absolute Gasteiger partial charge is 0.146 e. The topological polar surface area (TPSA) is 24.5 Å². The molecule has 0 amide bonds. The summed E-state index contributed by atoms with van der Waals surface area (Å²) in [4.78, 5) is 2.47. The Labute approximate surface area is 183 Å². The maximum atomic E-state index is 6.59. The monoisotopic (exact) mass is 430 g/mol. The van der Waals surface area contributed by atoms with Gasteiger partial charge in [0.2, 0.25) is 0 Å². The third kappa shape index (κ3) is 3.62. The fraction of sp³-hybridized carbons (Fsp3) is 0.500. The van der Waals surface area contributed by atoms with E-state index in [-0.39, 0.29) is 6.10 Å². The summed E-state index contributed by atoms with van der Waals surface area (Å²) in [7, 11) is 2.24. The molecule has 5 rings (SSSR count). The summed E-state index contributed by atoms with van der Waals surface area (Å²) in [6, 6.07) is 10.9. The van der Waals surface area contributed by atoms with Crippen molar-refractivity contribution in [1.29, 1.82) is 0 Å². The molecule has 2 aromatic carbocycles. The van der Waals surface area contributed by atoms with E-state index in [0.717, 1.165) is 36.4 Å². The molecule has 0 spiro atoms. The molecule has 3 aliphatic rings. The van der Waals surface area contributed by atoms with Gasteiger partial charge < -0.3 is 15.0 Å². The highest BCUT2D eigenvalue weighted by molar-refractivity contribution is 6.36. The van der Waals surface area contributed by atoms with Crippen molar-refractivity contribution in [1.82, 2.24) is 5.32 Å². The number of ether oxygens (including phenoxy) is 1.